The first-order chi connectivity index (χ1) is 13.0. The second kappa shape index (κ2) is 7.29. The molecular weight excluding hydrogens is 340 g/mol. The molecule has 1 saturated heterocycles. The number of piperidine rings is 1. The Hall–Kier alpha value is -2.44. The third-order valence-electron chi connectivity index (χ3n) is 5.46. The first kappa shape index (κ1) is 17.9. The van der Waals surface area contributed by atoms with E-state index < -0.39 is 5.60 Å². The Morgan fingerprint density at radius 3 is 2.67 bits per heavy atom. The van der Waals surface area contributed by atoms with Crippen LogP contribution in [0.25, 0.3) is 11.5 Å². The van der Waals surface area contributed by atoms with Crippen molar-refractivity contribution in [2.45, 2.75) is 45.4 Å². The molecule has 2 aromatic heterocycles. The summed E-state index contributed by atoms with van der Waals surface area (Å²) in [6.45, 7) is 7.09. The summed E-state index contributed by atoms with van der Waals surface area (Å²) in [4.78, 5) is 11.1. The molecule has 142 valence electrons. The predicted molar refractivity (Wildman–Crippen MR) is 103 cm³/mol. The maximum atomic E-state index is 10.9. The van der Waals surface area contributed by atoms with Gasteiger partial charge >= 0.3 is 0 Å². The van der Waals surface area contributed by atoms with Gasteiger partial charge in [0.25, 0.3) is 0 Å². The fourth-order valence-electron chi connectivity index (χ4n) is 3.72. The molecular formula is C21H26N4O2. The van der Waals surface area contributed by atoms with Crippen LogP contribution in [0.1, 0.15) is 29.9 Å². The first-order valence-electron chi connectivity index (χ1n) is 9.45. The van der Waals surface area contributed by atoms with Gasteiger partial charge < -0.3 is 14.1 Å². The predicted octanol–water partition coefficient (Wildman–Crippen LogP) is 3.18. The lowest BCUT2D eigenvalue weighted by molar-refractivity contribution is -0.0360. The van der Waals surface area contributed by atoms with Crippen LogP contribution in [-0.2, 0) is 13.1 Å². The number of aryl methyl sites for hydroxylation is 2. The van der Waals surface area contributed by atoms with Gasteiger partial charge in [-0.05, 0) is 38.3 Å². The Kier molecular flexibility index (Phi) is 4.85. The quantitative estimate of drug-likeness (QED) is 0.751. The summed E-state index contributed by atoms with van der Waals surface area (Å²) in [7, 11) is 0. The van der Waals surface area contributed by atoms with Gasteiger partial charge in [0.1, 0.15) is 5.76 Å². The van der Waals surface area contributed by atoms with E-state index in [1.54, 1.807) is 12.5 Å². The van der Waals surface area contributed by atoms with E-state index in [1.165, 1.54) is 0 Å². The van der Waals surface area contributed by atoms with Crippen molar-refractivity contribution in [2.24, 2.45) is 0 Å². The minimum atomic E-state index is -0.664. The highest BCUT2D eigenvalue weighted by atomic mass is 16.4. The molecule has 1 aliphatic heterocycles. The molecule has 6 nitrogen and oxygen atoms in total. The van der Waals surface area contributed by atoms with E-state index in [4.69, 9.17) is 9.40 Å². The van der Waals surface area contributed by atoms with Gasteiger partial charge in [0, 0.05) is 37.6 Å². The number of aliphatic hydroxyl groups is 1. The summed E-state index contributed by atoms with van der Waals surface area (Å²) < 4.78 is 7.89. The zero-order valence-electron chi connectivity index (χ0n) is 15.9. The Balaban J connectivity index is 1.40. The van der Waals surface area contributed by atoms with Crippen LogP contribution in [-0.4, -0.2) is 43.2 Å². The lowest BCUT2D eigenvalue weighted by Gasteiger charge is -2.38. The van der Waals surface area contributed by atoms with E-state index in [-0.39, 0.29) is 0 Å². The van der Waals surface area contributed by atoms with Crippen LogP contribution in [0.4, 0.5) is 0 Å². The van der Waals surface area contributed by atoms with Crippen LogP contribution in [0.3, 0.4) is 0 Å². The fourth-order valence-corrected chi connectivity index (χ4v) is 3.72. The van der Waals surface area contributed by atoms with Crippen molar-refractivity contribution < 1.29 is 9.52 Å². The molecule has 0 spiro atoms. The molecule has 0 atom stereocenters. The Morgan fingerprint density at radius 2 is 1.96 bits per heavy atom. The van der Waals surface area contributed by atoms with Gasteiger partial charge in [0.05, 0.1) is 24.2 Å². The highest BCUT2D eigenvalue weighted by molar-refractivity contribution is 5.58. The van der Waals surface area contributed by atoms with Crippen LogP contribution in [0.5, 0.6) is 0 Å². The second-order valence-corrected chi connectivity index (χ2v) is 7.57. The Bertz CT molecular complexity index is 893. The number of rotatable bonds is 5. The van der Waals surface area contributed by atoms with Crippen molar-refractivity contribution in [3.05, 3.63) is 60.0 Å². The lowest BCUT2D eigenvalue weighted by Crippen LogP contribution is -2.46. The summed E-state index contributed by atoms with van der Waals surface area (Å²) in [5.74, 6) is 1.56. The van der Waals surface area contributed by atoms with Crippen molar-refractivity contribution in [2.75, 3.05) is 13.1 Å². The van der Waals surface area contributed by atoms with Gasteiger partial charge in [-0.2, -0.15) is 0 Å². The van der Waals surface area contributed by atoms with Gasteiger partial charge in [0.15, 0.2) is 0 Å². The molecule has 0 saturated carbocycles. The number of imidazole rings is 1. The molecule has 1 fully saturated rings. The van der Waals surface area contributed by atoms with Crippen molar-refractivity contribution in [1.29, 1.82) is 0 Å². The van der Waals surface area contributed by atoms with Crippen LogP contribution in [0, 0.1) is 13.8 Å². The highest BCUT2D eigenvalue weighted by Gasteiger charge is 2.33. The van der Waals surface area contributed by atoms with Crippen LogP contribution in [0.2, 0.25) is 0 Å². The van der Waals surface area contributed by atoms with Gasteiger partial charge in [0.2, 0.25) is 5.89 Å². The maximum Gasteiger partial charge on any atom is 0.226 e. The molecule has 6 heteroatoms. The number of oxazole rings is 1. The Labute approximate surface area is 159 Å². The third kappa shape index (κ3) is 3.96. The zero-order chi connectivity index (χ0) is 18.9. The van der Waals surface area contributed by atoms with E-state index in [9.17, 15) is 5.11 Å². The number of aromatic nitrogens is 3. The second-order valence-electron chi connectivity index (χ2n) is 7.57. The van der Waals surface area contributed by atoms with Crippen molar-refractivity contribution in [3.63, 3.8) is 0 Å². The van der Waals surface area contributed by atoms with E-state index in [1.807, 2.05) is 35.9 Å². The minimum Gasteiger partial charge on any atom is -0.441 e. The van der Waals surface area contributed by atoms with Crippen LogP contribution >= 0.6 is 0 Å². The number of benzene rings is 1. The summed E-state index contributed by atoms with van der Waals surface area (Å²) in [6.07, 6.45) is 6.89. The highest BCUT2D eigenvalue weighted by Crippen LogP contribution is 2.28. The smallest absolute Gasteiger partial charge is 0.226 e. The monoisotopic (exact) mass is 366 g/mol. The van der Waals surface area contributed by atoms with Crippen molar-refractivity contribution >= 4 is 0 Å². The fraction of sp³-hybridized carbons (Fsp3) is 0.429. The lowest BCUT2D eigenvalue weighted by atomic mass is 9.91. The molecule has 0 aliphatic carbocycles. The van der Waals surface area contributed by atoms with Gasteiger partial charge in [-0.3, -0.25) is 4.90 Å². The molecule has 0 amide bonds. The molecule has 3 aromatic rings. The number of hydrogen-bond donors (Lipinski definition) is 1. The van der Waals surface area contributed by atoms with Crippen LogP contribution in [0.15, 0.2) is 47.4 Å². The third-order valence-corrected chi connectivity index (χ3v) is 5.46. The van der Waals surface area contributed by atoms with Gasteiger partial charge in [-0.1, -0.05) is 18.2 Å². The molecule has 1 N–H and O–H groups in total. The normalized spacial score (nSPS) is 17.3. The van der Waals surface area contributed by atoms with E-state index in [0.717, 1.165) is 55.1 Å². The number of nitrogens with zero attached hydrogens (tertiary/aromatic N) is 4. The molecule has 3 heterocycles. The molecule has 0 bridgehead atoms. The van der Waals surface area contributed by atoms with E-state index >= 15 is 0 Å². The SMILES string of the molecule is Cc1ccccc1-c1nc(CN2CCC(O)(Cn3ccnc3)CC2)c(C)o1. The largest absolute Gasteiger partial charge is 0.441 e. The summed E-state index contributed by atoms with van der Waals surface area (Å²) in [6, 6.07) is 8.14. The number of likely N-dealkylation sites (tertiary alicyclic amines) is 1. The van der Waals surface area contributed by atoms with Crippen molar-refractivity contribution in [1.82, 2.24) is 19.4 Å². The summed E-state index contributed by atoms with van der Waals surface area (Å²) >= 11 is 0. The molecule has 1 aromatic carbocycles. The molecule has 1 aliphatic rings. The average Bonchev–Trinajstić information content (AvgIpc) is 3.27. The molecule has 27 heavy (non-hydrogen) atoms. The van der Waals surface area contributed by atoms with Gasteiger partial charge in [-0.25, -0.2) is 9.97 Å². The first-order valence-corrected chi connectivity index (χ1v) is 9.45. The molecule has 4 rings (SSSR count). The maximum absolute atomic E-state index is 10.9. The average molecular weight is 366 g/mol. The molecule has 0 unspecified atom stereocenters. The summed E-state index contributed by atoms with van der Waals surface area (Å²) in [5, 5.41) is 10.9. The zero-order valence-corrected chi connectivity index (χ0v) is 15.9. The standard InChI is InChI=1S/C21H26N4O2/c1-16-5-3-4-6-18(16)20-23-19(17(2)27-20)13-24-10-7-21(26,8-11-24)14-25-12-9-22-15-25/h3-6,9,12,15,26H,7-8,10-11,13-14H2,1-2H3. The topological polar surface area (TPSA) is 67.3 Å². The van der Waals surface area contributed by atoms with Crippen LogP contribution < -0.4 is 0 Å². The number of hydrogen-bond acceptors (Lipinski definition) is 5. The van der Waals surface area contributed by atoms with Gasteiger partial charge in [-0.15, -0.1) is 0 Å². The summed E-state index contributed by atoms with van der Waals surface area (Å²) in [5.41, 5.74) is 2.52. The minimum absolute atomic E-state index is 0.598. The van der Waals surface area contributed by atoms with Crippen molar-refractivity contribution in [3.8, 4) is 11.5 Å². The Morgan fingerprint density at radius 1 is 1.19 bits per heavy atom. The van der Waals surface area contributed by atoms with E-state index in [0.29, 0.717) is 12.4 Å². The molecule has 0 radical (unpaired) electrons. The van der Waals surface area contributed by atoms with E-state index in [2.05, 4.69) is 22.9 Å².